The van der Waals surface area contributed by atoms with Crippen LogP contribution in [-0.2, 0) is 14.6 Å². The molecule has 2 fully saturated rings. The van der Waals surface area contributed by atoms with Crippen LogP contribution in [0, 0.1) is 24.2 Å². The van der Waals surface area contributed by atoms with Crippen LogP contribution in [0.1, 0.15) is 55.7 Å². The normalized spacial score (nSPS) is 17.2. The second-order valence-electron chi connectivity index (χ2n) is 8.64. The zero-order chi connectivity index (χ0) is 23.1. The van der Waals surface area contributed by atoms with Crippen LogP contribution in [0.15, 0.2) is 12.1 Å². The molecule has 32 heavy (non-hydrogen) atoms. The van der Waals surface area contributed by atoms with Gasteiger partial charge in [0.15, 0.2) is 9.84 Å². The number of pyridine rings is 1. The van der Waals surface area contributed by atoms with E-state index in [-0.39, 0.29) is 30.4 Å². The van der Waals surface area contributed by atoms with Crippen LogP contribution in [0.2, 0.25) is 0 Å². The van der Waals surface area contributed by atoms with Crippen molar-refractivity contribution in [3.63, 3.8) is 0 Å². The molecule has 1 saturated heterocycles. The highest BCUT2D eigenvalue weighted by Crippen LogP contribution is 2.30. The van der Waals surface area contributed by atoms with E-state index < -0.39 is 21.8 Å². The fourth-order valence-corrected chi connectivity index (χ4v) is 5.43. The van der Waals surface area contributed by atoms with E-state index in [0.717, 1.165) is 24.1 Å². The molecule has 3 amide bonds. The van der Waals surface area contributed by atoms with Gasteiger partial charge in [-0.2, -0.15) is 5.26 Å². The van der Waals surface area contributed by atoms with Gasteiger partial charge in [-0.3, -0.25) is 10.1 Å². The first kappa shape index (κ1) is 24.0. The molecule has 0 unspecified atom stereocenters. The molecule has 9 nitrogen and oxygen atoms in total. The number of aromatic nitrogens is 1. The van der Waals surface area contributed by atoms with Crippen molar-refractivity contribution < 1.29 is 22.7 Å². The topological polar surface area (TPSA) is 129 Å². The number of nitriles is 1. The number of aryl methyl sites for hydroxylation is 1. The highest BCUT2D eigenvalue weighted by atomic mass is 32.2. The predicted octanol–water partition coefficient (Wildman–Crippen LogP) is 2.31. The monoisotopic (exact) mass is 462 g/mol. The molecule has 10 heteroatoms. The highest BCUT2D eigenvalue weighted by molar-refractivity contribution is 7.91. The summed E-state index contributed by atoms with van der Waals surface area (Å²) in [7, 11) is -3.37. The number of hydrogen-bond acceptors (Lipinski definition) is 7. The summed E-state index contributed by atoms with van der Waals surface area (Å²) in [6.45, 7) is 2.93. The van der Waals surface area contributed by atoms with E-state index in [0.29, 0.717) is 44.2 Å². The van der Waals surface area contributed by atoms with E-state index >= 15 is 0 Å². The Bertz CT molecular complexity index is 985. The minimum Gasteiger partial charge on any atom is -0.477 e. The maximum absolute atomic E-state index is 12.7. The quantitative estimate of drug-likeness (QED) is 0.352. The molecule has 1 aromatic rings. The first-order valence-corrected chi connectivity index (χ1v) is 12.9. The molecule has 1 aromatic heterocycles. The molecule has 1 atom stereocenters. The summed E-state index contributed by atoms with van der Waals surface area (Å²) in [5.41, 5.74) is 1.50. The smallest absolute Gasteiger partial charge is 0.324 e. The number of nitrogens with one attached hydrogen (secondary N) is 1. The van der Waals surface area contributed by atoms with Gasteiger partial charge in [0.2, 0.25) is 11.8 Å². The fourth-order valence-electron chi connectivity index (χ4n) is 3.70. The number of rotatable bonds is 13. The maximum Gasteiger partial charge on any atom is 0.324 e. The number of unbranched alkanes of at least 4 members (excludes halogenated alkanes) is 2. The van der Waals surface area contributed by atoms with Crippen molar-refractivity contribution in [3.8, 4) is 11.9 Å². The minimum absolute atomic E-state index is 0.0230. The Morgan fingerprint density at radius 3 is 2.72 bits per heavy atom. The van der Waals surface area contributed by atoms with Crippen molar-refractivity contribution in [1.29, 1.82) is 5.26 Å². The maximum atomic E-state index is 12.7. The third kappa shape index (κ3) is 7.48. The largest absolute Gasteiger partial charge is 0.477 e. The summed E-state index contributed by atoms with van der Waals surface area (Å²) in [6.07, 6.45) is 4.16. The van der Waals surface area contributed by atoms with E-state index in [2.05, 4.69) is 16.4 Å². The van der Waals surface area contributed by atoms with Crippen molar-refractivity contribution in [1.82, 2.24) is 15.2 Å². The first-order valence-electron chi connectivity index (χ1n) is 11.0. The third-order valence-corrected chi connectivity index (χ3v) is 7.45. The van der Waals surface area contributed by atoms with Gasteiger partial charge in [0.1, 0.15) is 6.54 Å². The van der Waals surface area contributed by atoms with E-state index in [1.807, 2.05) is 13.0 Å². The number of hydrogen-bond donors (Lipinski definition) is 1. The molecule has 3 rings (SSSR count). The lowest BCUT2D eigenvalue weighted by molar-refractivity contribution is -0.118. The number of imide groups is 1. The van der Waals surface area contributed by atoms with Crippen molar-refractivity contribution in [3.05, 3.63) is 23.4 Å². The van der Waals surface area contributed by atoms with E-state index in [9.17, 15) is 23.3 Å². The molecule has 174 valence electrons. The van der Waals surface area contributed by atoms with Crippen LogP contribution in [0.25, 0.3) is 0 Å². The van der Waals surface area contributed by atoms with Crippen LogP contribution in [-0.4, -0.2) is 61.4 Å². The number of urea groups is 1. The summed E-state index contributed by atoms with van der Waals surface area (Å²) in [5, 5.41) is 11.5. The van der Waals surface area contributed by atoms with Gasteiger partial charge < -0.3 is 9.64 Å². The van der Waals surface area contributed by atoms with Gasteiger partial charge in [-0.05, 0) is 50.2 Å². The van der Waals surface area contributed by atoms with Gasteiger partial charge in [-0.15, -0.1) is 0 Å². The number of carbonyl (C=O) groups is 2. The SMILES string of the molecule is Cc1cc([C@@H](CC#N)CS(=O)(=O)CCCCCN2CC(=O)NC2=O)cc(OCC2CC2)n1. The summed E-state index contributed by atoms with van der Waals surface area (Å²) >= 11 is 0. The van der Waals surface area contributed by atoms with Crippen molar-refractivity contribution in [2.24, 2.45) is 5.92 Å². The van der Waals surface area contributed by atoms with Crippen LogP contribution in [0.3, 0.4) is 0 Å². The second kappa shape index (κ2) is 10.8. The second-order valence-corrected chi connectivity index (χ2v) is 10.9. The van der Waals surface area contributed by atoms with E-state index in [1.165, 1.54) is 4.90 Å². The number of amides is 3. The molecular weight excluding hydrogens is 432 g/mol. The zero-order valence-electron chi connectivity index (χ0n) is 18.4. The lowest BCUT2D eigenvalue weighted by Gasteiger charge is -2.17. The predicted molar refractivity (Wildman–Crippen MR) is 118 cm³/mol. The van der Waals surface area contributed by atoms with Crippen LogP contribution < -0.4 is 10.1 Å². The Labute approximate surface area is 189 Å². The van der Waals surface area contributed by atoms with Gasteiger partial charge in [-0.25, -0.2) is 18.2 Å². The molecule has 2 aliphatic rings. The average molecular weight is 463 g/mol. The van der Waals surface area contributed by atoms with Gasteiger partial charge in [0.25, 0.3) is 0 Å². The van der Waals surface area contributed by atoms with Gasteiger partial charge >= 0.3 is 6.03 Å². The summed E-state index contributed by atoms with van der Waals surface area (Å²) < 4.78 is 31.2. The zero-order valence-corrected chi connectivity index (χ0v) is 19.2. The highest BCUT2D eigenvalue weighted by Gasteiger charge is 2.26. The van der Waals surface area contributed by atoms with Crippen molar-refractivity contribution >= 4 is 21.8 Å². The number of nitrogens with zero attached hydrogens (tertiary/aromatic N) is 3. The Morgan fingerprint density at radius 2 is 2.06 bits per heavy atom. The molecule has 0 spiro atoms. The lowest BCUT2D eigenvalue weighted by atomic mass is 9.98. The molecular formula is C22H30N4O5S. The summed E-state index contributed by atoms with van der Waals surface area (Å²) in [4.78, 5) is 28.5. The van der Waals surface area contributed by atoms with Crippen molar-refractivity contribution in [2.75, 3.05) is 31.2 Å². The van der Waals surface area contributed by atoms with E-state index in [1.54, 1.807) is 6.07 Å². The van der Waals surface area contributed by atoms with Crippen LogP contribution >= 0.6 is 0 Å². The van der Waals surface area contributed by atoms with Crippen molar-refractivity contribution in [2.45, 2.75) is 51.4 Å². The van der Waals surface area contributed by atoms with Gasteiger partial charge in [0, 0.05) is 30.6 Å². The lowest BCUT2D eigenvalue weighted by Crippen LogP contribution is -2.29. The Balaban J connectivity index is 1.51. The van der Waals surface area contributed by atoms with Gasteiger partial charge in [0.05, 0.1) is 24.2 Å². The molecule has 1 aliphatic heterocycles. The molecule has 0 radical (unpaired) electrons. The molecule has 1 saturated carbocycles. The number of sulfone groups is 1. The molecule has 1 N–H and O–H groups in total. The Morgan fingerprint density at radius 1 is 1.28 bits per heavy atom. The number of carbonyl (C=O) groups excluding carboxylic acids is 2. The van der Waals surface area contributed by atoms with Crippen LogP contribution in [0.4, 0.5) is 4.79 Å². The minimum atomic E-state index is -3.37. The molecule has 0 bridgehead atoms. The summed E-state index contributed by atoms with van der Waals surface area (Å²) in [6, 6.07) is 5.30. The molecule has 2 heterocycles. The summed E-state index contributed by atoms with van der Waals surface area (Å²) in [5.74, 6) is 0.237. The Kier molecular flexibility index (Phi) is 8.07. The first-order chi connectivity index (χ1) is 15.3. The standard InChI is InChI=1S/C22H30N4O5S/c1-16-11-19(12-21(24-16)31-14-17-5-6-17)18(7-8-23)15-32(29,30)10-4-2-3-9-26-13-20(27)25-22(26)28/h11-12,17-18H,2-7,9-10,13-15H2,1H3,(H,25,27,28)/t18-/m0/s1. The average Bonchev–Trinajstić information content (AvgIpc) is 3.49. The van der Waals surface area contributed by atoms with Crippen LogP contribution in [0.5, 0.6) is 5.88 Å². The third-order valence-electron chi connectivity index (χ3n) is 5.63. The Hall–Kier alpha value is -2.67. The number of ether oxygens (including phenoxy) is 1. The fraction of sp³-hybridized carbons (Fsp3) is 0.636. The van der Waals surface area contributed by atoms with Gasteiger partial charge in [-0.1, -0.05) is 6.42 Å². The molecule has 0 aromatic carbocycles. The molecule has 1 aliphatic carbocycles. The van der Waals surface area contributed by atoms with E-state index in [4.69, 9.17) is 4.74 Å².